The molecule has 86 valence electrons. The van der Waals surface area contributed by atoms with Crippen LogP contribution in [0.2, 0.25) is 0 Å². The molecule has 0 atom stereocenters. The van der Waals surface area contributed by atoms with Crippen LogP contribution in [0.5, 0.6) is 0 Å². The smallest absolute Gasteiger partial charge is 0.257 e. The van der Waals surface area contributed by atoms with Crippen LogP contribution in [0.15, 0.2) is 42.6 Å². The van der Waals surface area contributed by atoms with E-state index in [2.05, 4.69) is 10.3 Å². The average Bonchev–Trinajstić information content (AvgIpc) is 2.33. The van der Waals surface area contributed by atoms with E-state index in [9.17, 15) is 9.18 Å². The van der Waals surface area contributed by atoms with Gasteiger partial charge >= 0.3 is 0 Å². The Morgan fingerprint density at radius 1 is 1.24 bits per heavy atom. The van der Waals surface area contributed by atoms with Crippen molar-refractivity contribution in [1.82, 2.24) is 4.98 Å². The number of nitrogens with zero attached hydrogens (tertiary/aromatic N) is 1. The van der Waals surface area contributed by atoms with Crippen molar-refractivity contribution in [3.63, 3.8) is 0 Å². The van der Waals surface area contributed by atoms with Gasteiger partial charge in [-0.25, -0.2) is 9.37 Å². The van der Waals surface area contributed by atoms with Gasteiger partial charge in [0.25, 0.3) is 5.91 Å². The molecule has 1 aromatic heterocycles. The third-order valence-electron chi connectivity index (χ3n) is 2.17. The van der Waals surface area contributed by atoms with Gasteiger partial charge in [0.2, 0.25) is 0 Å². The van der Waals surface area contributed by atoms with Crippen LogP contribution in [-0.2, 0) is 0 Å². The minimum Gasteiger partial charge on any atom is -0.384 e. The molecular formula is C12H10FN3O. The van der Waals surface area contributed by atoms with E-state index in [4.69, 9.17) is 5.73 Å². The van der Waals surface area contributed by atoms with Crippen LogP contribution in [0.1, 0.15) is 10.4 Å². The first-order valence-electron chi connectivity index (χ1n) is 4.94. The van der Waals surface area contributed by atoms with E-state index in [1.54, 1.807) is 12.1 Å². The number of carbonyl (C=O) groups excluding carboxylic acids is 1. The average molecular weight is 231 g/mol. The Bertz CT molecular complexity index is 540. The molecule has 2 rings (SSSR count). The molecule has 5 heteroatoms. The van der Waals surface area contributed by atoms with Gasteiger partial charge < -0.3 is 11.1 Å². The number of anilines is 2. The van der Waals surface area contributed by atoms with Crippen LogP contribution < -0.4 is 11.1 Å². The number of benzene rings is 1. The Labute approximate surface area is 97.3 Å². The molecule has 0 fully saturated rings. The largest absolute Gasteiger partial charge is 0.384 e. The van der Waals surface area contributed by atoms with Crippen molar-refractivity contribution in [2.75, 3.05) is 11.1 Å². The lowest BCUT2D eigenvalue weighted by Crippen LogP contribution is -2.13. The van der Waals surface area contributed by atoms with Crippen LogP contribution in [0.25, 0.3) is 0 Å². The zero-order valence-corrected chi connectivity index (χ0v) is 8.85. The number of carbonyl (C=O) groups is 1. The summed E-state index contributed by atoms with van der Waals surface area (Å²) in [6, 6.07) is 8.99. The van der Waals surface area contributed by atoms with Gasteiger partial charge in [0.1, 0.15) is 11.6 Å². The van der Waals surface area contributed by atoms with Crippen LogP contribution in [0, 0.1) is 5.82 Å². The molecule has 0 spiro atoms. The Hall–Kier alpha value is -2.43. The van der Waals surface area contributed by atoms with Gasteiger partial charge in [0.05, 0.1) is 11.3 Å². The highest BCUT2D eigenvalue weighted by Crippen LogP contribution is 2.13. The van der Waals surface area contributed by atoms with Gasteiger partial charge in [-0.2, -0.15) is 0 Å². The lowest BCUT2D eigenvalue weighted by molar-refractivity contribution is 0.102. The summed E-state index contributed by atoms with van der Waals surface area (Å²) in [4.78, 5) is 15.5. The summed E-state index contributed by atoms with van der Waals surface area (Å²) in [5.74, 6) is -0.584. The highest BCUT2D eigenvalue weighted by molar-refractivity contribution is 6.04. The first-order chi connectivity index (χ1) is 8.16. The summed E-state index contributed by atoms with van der Waals surface area (Å²) >= 11 is 0. The number of pyridine rings is 1. The number of aromatic nitrogens is 1. The van der Waals surface area contributed by atoms with Crippen molar-refractivity contribution < 1.29 is 9.18 Å². The highest BCUT2D eigenvalue weighted by atomic mass is 19.1. The lowest BCUT2D eigenvalue weighted by Gasteiger charge is -2.05. The molecular weight excluding hydrogens is 221 g/mol. The fraction of sp³-hybridized carbons (Fsp3) is 0. The molecule has 0 bridgehead atoms. The number of nitrogens with two attached hydrogens (primary N) is 1. The summed E-state index contributed by atoms with van der Waals surface area (Å²) in [7, 11) is 0. The van der Waals surface area contributed by atoms with Crippen molar-refractivity contribution >= 4 is 17.4 Å². The van der Waals surface area contributed by atoms with E-state index in [-0.39, 0.29) is 5.69 Å². The minimum atomic E-state index is -0.482. The second-order valence-electron chi connectivity index (χ2n) is 3.41. The molecule has 17 heavy (non-hydrogen) atoms. The maximum atomic E-state index is 13.3. The van der Waals surface area contributed by atoms with E-state index < -0.39 is 11.7 Å². The molecule has 1 heterocycles. The second-order valence-corrected chi connectivity index (χ2v) is 3.41. The number of para-hydroxylation sites is 1. The molecule has 4 nitrogen and oxygen atoms in total. The maximum Gasteiger partial charge on any atom is 0.257 e. The van der Waals surface area contributed by atoms with Gasteiger partial charge in [0.15, 0.2) is 0 Å². The van der Waals surface area contributed by atoms with Gasteiger partial charge in [-0.05, 0) is 24.3 Å². The highest BCUT2D eigenvalue weighted by Gasteiger charge is 2.08. The molecule has 0 unspecified atom stereocenters. The minimum absolute atomic E-state index is 0.134. The van der Waals surface area contributed by atoms with Gasteiger partial charge in [-0.1, -0.05) is 12.1 Å². The molecule has 0 saturated carbocycles. The predicted octanol–water partition coefficient (Wildman–Crippen LogP) is 2.06. The summed E-state index contributed by atoms with van der Waals surface area (Å²) < 4.78 is 13.3. The SMILES string of the molecule is Nc1ccc(C(=O)Nc2ccccc2F)cn1. The summed E-state index contributed by atoms with van der Waals surface area (Å²) in [5, 5.41) is 2.45. The van der Waals surface area contributed by atoms with E-state index in [1.165, 1.54) is 30.5 Å². The quantitative estimate of drug-likeness (QED) is 0.831. The normalized spacial score (nSPS) is 9.94. The summed E-state index contributed by atoms with van der Waals surface area (Å²) in [6.45, 7) is 0. The zero-order chi connectivity index (χ0) is 12.3. The van der Waals surface area contributed by atoms with Gasteiger partial charge in [-0.3, -0.25) is 4.79 Å². The number of nitrogen functional groups attached to an aromatic ring is 1. The second kappa shape index (κ2) is 4.61. The van der Waals surface area contributed by atoms with Crippen LogP contribution in [0.4, 0.5) is 15.9 Å². The standard InChI is InChI=1S/C12H10FN3O/c13-9-3-1-2-4-10(9)16-12(17)8-5-6-11(14)15-7-8/h1-7H,(H2,14,15)(H,16,17). The molecule has 0 aliphatic heterocycles. The number of halogens is 1. The van der Waals surface area contributed by atoms with Crippen molar-refractivity contribution in [3.05, 3.63) is 54.0 Å². The Morgan fingerprint density at radius 3 is 2.65 bits per heavy atom. The lowest BCUT2D eigenvalue weighted by atomic mass is 10.2. The summed E-state index contributed by atoms with van der Waals surface area (Å²) in [5.41, 5.74) is 5.86. The number of nitrogens with one attached hydrogen (secondary N) is 1. The van der Waals surface area contributed by atoms with Crippen molar-refractivity contribution in [3.8, 4) is 0 Å². The molecule has 2 aromatic rings. The first kappa shape index (κ1) is 11.1. The fourth-order valence-electron chi connectivity index (χ4n) is 1.30. The van der Waals surface area contributed by atoms with E-state index in [1.807, 2.05) is 0 Å². The molecule has 1 aromatic carbocycles. The molecule has 0 aliphatic carbocycles. The zero-order valence-electron chi connectivity index (χ0n) is 8.85. The Balaban J connectivity index is 2.17. The number of amides is 1. The maximum absolute atomic E-state index is 13.3. The van der Waals surface area contributed by atoms with Crippen LogP contribution in [-0.4, -0.2) is 10.9 Å². The molecule has 3 N–H and O–H groups in total. The number of rotatable bonds is 2. The van der Waals surface area contributed by atoms with Crippen molar-refractivity contribution in [1.29, 1.82) is 0 Å². The number of hydrogen-bond acceptors (Lipinski definition) is 3. The third-order valence-corrected chi connectivity index (χ3v) is 2.17. The first-order valence-corrected chi connectivity index (χ1v) is 4.94. The van der Waals surface area contributed by atoms with E-state index in [0.717, 1.165) is 0 Å². The fourth-order valence-corrected chi connectivity index (χ4v) is 1.30. The molecule has 0 radical (unpaired) electrons. The topological polar surface area (TPSA) is 68.0 Å². The van der Waals surface area contributed by atoms with E-state index >= 15 is 0 Å². The van der Waals surface area contributed by atoms with Crippen LogP contribution in [0.3, 0.4) is 0 Å². The predicted molar refractivity (Wildman–Crippen MR) is 63.0 cm³/mol. The third kappa shape index (κ3) is 2.57. The van der Waals surface area contributed by atoms with Gasteiger partial charge in [-0.15, -0.1) is 0 Å². The van der Waals surface area contributed by atoms with Crippen molar-refractivity contribution in [2.24, 2.45) is 0 Å². The number of hydrogen-bond donors (Lipinski definition) is 2. The molecule has 0 aliphatic rings. The van der Waals surface area contributed by atoms with Crippen molar-refractivity contribution in [2.45, 2.75) is 0 Å². The Morgan fingerprint density at radius 2 is 2.00 bits per heavy atom. The molecule has 0 saturated heterocycles. The van der Waals surface area contributed by atoms with E-state index in [0.29, 0.717) is 11.4 Å². The Kier molecular flexibility index (Phi) is 3.00. The van der Waals surface area contributed by atoms with Gasteiger partial charge in [0, 0.05) is 6.20 Å². The monoisotopic (exact) mass is 231 g/mol. The van der Waals surface area contributed by atoms with Crippen LogP contribution >= 0.6 is 0 Å². The summed E-state index contributed by atoms with van der Waals surface area (Å²) in [6.07, 6.45) is 1.34. The molecule has 1 amide bonds.